The Bertz CT molecular complexity index is 814. The standard InChI is InChI=1S/C15H15N7/c1-10(2)14(19-12-9-17-11(7-16)8-18-12)15-21-20-13-5-3-4-6-22(13)15/h3-6,8-10,14H,1-2H3,(H,18,19). The number of fused-ring (bicyclic) bond motifs is 1. The van der Waals surface area contributed by atoms with E-state index in [0.717, 1.165) is 11.5 Å². The maximum atomic E-state index is 8.77. The molecule has 3 heterocycles. The van der Waals surface area contributed by atoms with Crippen molar-refractivity contribution < 1.29 is 0 Å². The van der Waals surface area contributed by atoms with Crippen LogP contribution < -0.4 is 5.32 Å². The van der Waals surface area contributed by atoms with E-state index >= 15 is 0 Å². The molecule has 3 rings (SSSR count). The van der Waals surface area contributed by atoms with E-state index in [1.165, 1.54) is 6.20 Å². The monoisotopic (exact) mass is 293 g/mol. The number of nitrogens with zero attached hydrogens (tertiary/aromatic N) is 6. The lowest BCUT2D eigenvalue weighted by molar-refractivity contribution is 0.516. The molecule has 0 aliphatic carbocycles. The van der Waals surface area contributed by atoms with Gasteiger partial charge in [-0.15, -0.1) is 10.2 Å². The van der Waals surface area contributed by atoms with Gasteiger partial charge in [-0.3, -0.25) is 4.40 Å². The molecule has 0 fully saturated rings. The van der Waals surface area contributed by atoms with Gasteiger partial charge < -0.3 is 5.32 Å². The van der Waals surface area contributed by atoms with Crippen molar-refractivity contribution in [1.82, 2.24) is 24.6 Å². The summed E-state index contributed by atoms with van der Waals surface area (Å²) < 4.78 is 1.95. The first-order valence-corrected chi connectivity index (χ1v) is 6.97. The van der Waals surface area contributed by atoms with Gasteiger partial charge in [0.05, 0.1) is 18.4 Å². The number of rotatable bonds is 4. The zero-order chi connectivity index (χ0) is 15.5. The van der Waals surface area contributed by atoms with E-state index < -0.39 is 0 Å². The van der Waals surface area contributed by atoms with Crippen LogP contribution in [0.2, 0.25) is 0 Å². The summed E-state index contributed by atoms with van der Waals surface area (Å²) in [6, 6.07) is 7.67. The quantitative estimate of drug-likeness (QED) is 0.792. The molecule has 3 aromatic heterocycles. The summed E-state index contributed by atoms with van der Waals surface area (Å²) in [5.74, 6) is 1.69. The molecule has 0 saturated heterocycles. The van der Waals surface area contributed by atoms with E-state index in [2.05, 4.69) is 39.3 Å². The van der Waals surface area contributed by atoms with Crippen LogP contribution in [-0.2, 0) is 0 Å². The van der Waals surface area contributed by atoms with Crippen LogP contribution in [0.5, 0.6) is 0 Å². The molecular weight excluding hydrogens is 278 g/mol. The number of nitrogens with one attached hydrogen (secondary N) is 1. The molecule has 1 atom stereocenters. The molecule has 0 amide bonds. The summed E-state index contributed by atoms with van der Waals surface area (Å²) in [4.78, 5) is 8.23. The minimum absolute atomic E-state index is 0.0698. The molecule has 0 bridgehead atoms. The van der Waals surface area contributed by atoms with Gasteiger partial charge in [-0.25, -0.2) is 9.97 Å². The Morgan fingerprint density at radius 3 is 2.73 bits per heavy atom. The van der Waals surface area contributed by atoms with Crippen LogP contribution in [0.1, 0.15) is 31.4 Å². The van der Waals surface area contributed by atoms with Gasteiger partial charge in [0, 0.05) is 6.20 Å². The molecule has 0 aromatic carbocycles. The number of anilines is 1. The summed E-state index contributed by atoms with van der Waals surface area (Å²) in [6.07, 6.45) is 4.94. The van der Waals surface area contributed by atoms with Crippen molar-refractivity contribution in [2.75, 3.05) is 5.32 Å². The maximum absolute atomic E-state index is 8.77. The highest BCUT2D eigenvalue weighted by Crippen LogP contribution is 2.24. The van der Waals surface area contributed by atoms with E-state index in [9.17, 15) is 0 Å². The van der Waals surface area contributed by atoms with Crippen molar-refractivity contribution in [3.05, 3.63) is 48.3 Å². The summed E-state index contributed by atoms with van der Waals surface area (Å²) in [5.41, 5.74) is 1.09. The Morgan fingerprint density at radius 1 is 1.18 bits per heavy atom. The predicted octanol–water partition coefficient (Wildman–Crippen LogP) is 2.20. The van der Waals surface area contributed by atoms with E-state index in [0.29, 0.717) is 11.5 Å². The summed E-state index contributed by atoms with van der Waals surface area (Å²) in [5, 5.41) is 20.6. The van der Waals surface area contributed by atoms with Crippen LogP contribution >= 0.6 is 0 Å². The molecule has 22 heavy (non-hydrogen) atoms. The molecule has 7 heteroatoms. The molecule has 1 N–H and O–H groups in total. The highest BCUT2D eigenvalue weighted by atomic mass is 15.3. The van der Waals surface area contributed by atoms with E-state index in [1.54, 1.807) is 6.20 Å². The molecule has 0 saturated carbocycles. The number of pyridine rings is 1. The second-order valence-corrected chi connectivity index (χ2v) is 5.25. The van der Waals surface area contributed by atoms with Gasteiger partial charge in [-0.05, 0) is 18.1 Å². The molecule has 0 aliphatic rings. The molecule has 0 spiro atoms. The van der Waals surface area contributed by atoms with Gasteiger partial charge in [0.15, 0.2) is 17.2 Å². The van der Waals surface area contributed by atoms with E-state index in [4.69, 9.17) is 5.26 Å². The Balaban J connectivity index is 1.94. The van der Waals surface area contributed by atoms with Crippen molar-refractivity contribution in [3.8, 4) is 6.07 Å². The number of nitriles is 1. The first-order chi connectivity index (χ1) is 10.7. The van der Waals surface area contributed by atoms with Crippen molar-refractivity contribution >= 4 is 11.5 Å². The SMILES string of the molecule is CC(C)C(Nc1cnc(C#N)cn1)c1nnc2ccccn12. The second-order valence-electron chi connectivity index (χ2n) is 5.25. The zero-order valence-corrected chi connectivity index (χ0v) is 12.3. The average molecular weight is 293 g/mol. The lowest BCUT2D eigenvalue weighted by atomic mass is 10.0. The fraction of sp³-hybridized carbons (Fsp3) is 0.267. The minimum Gasteiger partial charge on any atom is -0.358 e. The van der Waals surface area contributed by atoms with Crippen LogP contribution in [0.25, 0.3) is 5.65 Å². The Labute approximate surface area is 127 Å². The van der Waals surface area contributed by atoms with Crippen molar-refractivity contribution in [3.63, 3.8) is 0 Å². The lowest BCUT2D eigenvalue weighted by Crippen LogP contribution is -2.20. The molecule has 0 radical (unpaired) electrons. The second kappa shape index (κ2) is 5.77. The predicted molar refractivity (Wildman–Crippen MR) is 80.9 cm³/mol. The first-order valence-electron chi connectivity index (χ1n) is 6.97. The van der Waals surface area contributed by atoms with Crippen LogP contribution in [0.15, 0.2) is 36.8 Å². The van der Waals surface area contributed by atoms with Gasteiger partial charge in [-0.1, -0.05) is 19.9 Å². The lowest BCUT2D eigenvalue weighted by Gasteiger charge is -2.21. The fourth-order valence-corrected chi connectivity index (χ4v) is 2.22. The summed E-state index contributed by atoms with van der Waals surface area (Å²) in [7, 11) is 0. The summed E-state index contributed by atoms with van der Waals surface area (Å²) in [6.45, 7) is 4.19. The number of hydrogen-bond acceptors (Lipinski definition) is 6. The fourth-order valence-electron chi connectivity index (χ4n) is 2.22. The molecular formula is C15H15N7. The van der Waals surface area contributed by atoms with Crippen LogP contribution in [0.4, 0.5) is 5.82 Å². The van der Waals surface area contributed by atoms with Gasteiger partial charge in [0.25, 0.3) is 0 Å². The molecule has 110 valence electrons. The van der Waals surface area contributed by atoms with E-state index in [-0.39, 0.29) is 12.0 Å². The third-order valence-corrected chi connectivity index (χ3v) is 3.35. The Kier molecular flexibility index (Phi) is 3.66. The van der Waals surface area contributed by atoms with Gasteiger partial charge in [-0.2, -0.15) is 5.26 Å². The average Bonchev–Trinajstić information content (AvgIpc) is 2.96. The zero-order valence-electron chi connectivity index (χ0n) is 12.3. The van der Waals surface area contributed by atoms with E-state index in [1.807, 2.05) is 34.9 Å². The Hall–Kier alpha value is -3.01. The highest BCUT2D eigenvalue weighted by molar-refractivity contribution is 5.40. The topological polar surface area (TPSA) is 91.8 Å². The number of hydrogen-bond donors (Lipinski definition) is 1. The van der Waals surface area contributed by atoms with Crippen LogP contribution in [-0.4, -0.2) is 24.6 Å². The first kappa shape index (κ1) is 13.9. The van der Waals surface area contributed by atoms with Gasteiger partial charge >= 0.3 is 0 Å². The van der Waals surface area contributed by atoms with Gasteiger partial charge in [0.2, 0.25) is 0 Å². The smallest absolute Gasteiger partial charge is 0.160 e. The molecule has 1 unspecified atom stereocenters. The Morgan fingerprint density at radius 2 is 2.05 bits per heavy atom. The normalized spacial score (nSPS) is 12.3. The number of aromatic nitrogens is 5. The van der Waals surface area contributed by atoms with Crippen LogP contribution in [0.3, 0.4) is 0 Å². The highest BCUT2D eigenvalue weighted by Gasteiger charge is 2.22. The third kappa shape index (κ3) is 2.59. The van der Waals surface area contributed by atoms with Crippen molar-refractivity contribution in [1.29, 1.82) is 5.26 Å². The molecule has 3 aromatic rings. The molecule has 0 aliphatic heterocycles. The van der Waals surface area contributed by atoms with Crippen molar-refractivity contribution in [2.24, 2.45) is 5.92 Å². The third-order valence-electron chi connectivity index (χ3n) is 3.35. The maximum Gasteiger partial charge on any atom is 0.160 e. The summed E-state index contributed by atoms with van der Waals surface area (Å²) >= 11 is 0. The van der Waals surface area contributed by atoms with Gasteiger partial charge in [0.1, 0.15) is 11.9 Å². The molecule has 7 nitrogen and oxygen atoms in total. The minimum atomic E-state index is -0.0698. The van der Waals surface area contributed by atoms with Crippen LogP contribution in [0, 0.1) is 17.2 Å². The largest absolute Gasteiger partial charge is 0.358 e. The van der Waals surface area contributed by atoms with Crippen molar-refractivity contribution in [2.45, 2.75) is 19.9 Å².